The lowest BCUT2D eigenvalue weighted by Gasteiger charge is -2.31. The molecule has 1 fully saturated rings. The van der Waals surface area contributed by atoms with Crippen LogP contribution in [0.4, 0.5) is 21.9 Å². The number of likely N-dealkylation sites (tertiary alicyclic amines) is 1. The largest absolute Gasteiger partial charge is 0.467 e. The molecule has 1 saturated heterocycles. The smallest absolute Gasteiger partial charge is 0.323 e. The van der Waals surface area contributed by atoms with Gasteiger partial charge in [0.15, 0.2) is 0 Å². The maximum atomic E-state index is 13.7. The fourth-order valence-corrected chi connectivity index (χ4v) is 4.93. The standard InChI is InChI=1S/C29H36N4O3S/c1-3-4-16-33(21-24-9-8-19-36-24)27-15-12-23(20-26(27)28(34)32-17-6-5-7-18-32)31-29(35)30-22-10-13-25(37-2)14-11-22/h8-15,19-20H,3-7,16-18,21H2,1-2H3,(H2,30,31,35). The summed E-state index contributed by atoms with van der Waals surface area (Å²) in [4.78, 5) is 31.8. The van der Waals surface area contributed by atoms with E-state index in [0.717, 1.165) is 68.1 Å². The highest BCUT2D eigenvalue weighted by atomic mass is 32.2. The SMILES string of the molecule is CCCCN(Cc1ccco1)c1ccc(NC(=O)Nc2ccc(SC)cc2)cc1C(=O)N1CCCCC1. The predicted molar refractivity (Wildman–Crippen MR) is 152 cm³/mol. The summed E-state index contributed by atoms with van der Waals surface area (Å²) in [6.07, 6.45) is 8.91. The highest BCUT2D eigenvalue weighted by molar-refractivity contribution is 7.98. The molecule has 0 saturated carbocycles. The van der Waals surface area contributed by atoms with Crippen molar-refractivity contribution >= 4 is 40.8 Å². The average Bonchev–Trinajstić information content (AvgIpc) is 3.45. The molecule has 0 spiro atoms. The minimum atomic E-state index is -0.348. The second kappa shape index (κ2) is 13.2. The van der Waals surface area contributed by atoms with E-state index < -0.39 is 0 Å². The summed E-state index contributed by atoms with van der Waals surface area (Å²) in [5, 5.41) is 5.78. The van der Waals surface area contributed by atoms with Gasteiger partial charge in [-0.25, -0.2) is 4.79 Å². The van der Waals surface area contributed by atoms with Crippen LogP contribution in [-0.4, -0.2) is 42.7 Å². The average molecular weight is 521 g/mol. The normalized spacial score (nSPS) is 13.3. The van der Waals surface area contributed by atoms with Crippen molar-refractivity contribution in [1.82, 2.24) is 4.90 Å². The Bertz CT molecular complexity index is 1160. The van der Waals surface area contributed by atoms with Gasteiger partial charge >= 0.3 is 6.03 Å². The number of thioether (sulfide) groups is 1. The quantitative estimate of drug-likeness (QED) is 0.279. The van der Waals surface area contributed by atoms with Crippen LogP contribution in [0.2, 0.25) is 0 Å². The molecule has 1 aliphatic rings. The van der Waals surface area contributed by atoms with Crippen LogP contribution < -0.4 is 15.5 Å². The first kappa shape index (κ1) is 26.7. The molecule has 0 aliphatic carbocycles. The van der Waals surface area contributed by atoms with E-state index in [9.17, 15) is 9.59 Å². The Balaban J connectivity index is 1.59. The van der Waals surface area contributed by atoms with Crippen LogP contribution in [0, 0.1) is 0 Å². The number of nitrogens with zero attached hydrogens (tertiary/aromatic N) is 2. The van der Waals surface area contributed by atoms with Crippen molar-refractivity contribution in [1.29, 1.82) is 0 Å². The van der Waals surface area contributed by atoms with Crippen LogP contribution in [0.5, 0.6) is 0 Å². The summed E-state index contributed by atoms with van der Waals surface area (Å²) in [5.41, 5.74) is 2.75. The van der Waals surface area contributed by atoms with Crippen LogP contribution in [-0.2, 0) is 6.54 Å². The molecule has 2 aromatic carbocycles. The van der Waals surface area contributed by atoms with Gasteiger partial charge in [-0.05, 0) is 86.5 Å². The molecule has 3 aromatic rings. The molecule has 1 aromatic heterocycles. The number of carbonyl (C=O) groups is 2. The molecule has 4 rings (SSSR count). The van der Waals surface area contributed by atoms with Gasteiger partial charge in [0, 0.05) is 35.9 Å². The third-order valence-corrected chi connectivity index (χ3v) is 7.27. The molecular formula is C29H36N4O3S. The van der Waals surface area contributed by atoms with Gasteiger partial charge in [0.25, 0.3) is 5.91 Å². The molecule has 2 N–H and O–H groups in total. The van der Waals surface area contributed by atoms with E-state index in [-0.39, 0.29) is 11.9 Å². The number of nitrogens with one attached hydrogen (secondary N) is 2. The van der Waals surface area contributed by atoms with Crippen LogP contribution in [0.25, 0.3) is 0 Å². The first-order valence-corrected chi connectivity index (χ1v) is 14.2. The molecule has 196 valence electrons. The Labute approximate surface area is 223 Å². The van der Waals surface area contributed by atoms with Crippen molar-refractivity contribution in [3.63, 3.8) is 0 Å². The number of urea groups is 1. The molecule has 37 heavy (non-hydrogen) atoms. The van der Waals surface area contributed by atoms with Crippen molar-refractivity contribution < 1.29 is 14.0 Å². The van der Waals surface area contributed by atoms with Gasteiger partial charge in [-0.15, -0.1) is 11.8 Å². The van der Waals surface area contributed by atoms with Crippen molar-refractivity contribution in [3.05, 3.63) is 72.2 Å². The molecule has 8 heteroatoms. The fourth-order valence-electron chi connectivity index (χ4n) is 4.52. The van der Waals surface area contributed by atoms with Gasteiger partial charge in [-0.1, -0.05) is 13.3 Å². The number of hydrogen-bond donors (Lipinski definition) is 2. The molecule has 2 heterocycles. The number of anilines is 3. The van der Waals surface area contributed by atoms with E-state index in [2.05, 4.69) is 22.5 Å². The van der Waals surface area contributed by atoms with E-state index in [1.165, 1.54) is 0 Å². The second-order valence-corrected chi connectivity index (χ2v) is 10.1. The fraction of sp³-hybridized carbons (Fsp3) is 0.379. The number of amides is 3. The minimum absolute atomic E-state index is 0.00681. The summed E-state index contributed by atoms with van der Waals surface area (Å²) in [6, 6.07) is 16.8. The molecule has 1 aliphatic heterocycles. The van der Waals surface area contributed by atoms with Crippen molar-refractivity contribution in [2.24, 2.45) is 0 Å². The first-order valence-electron chi connectivity index (χ1n) is 13.0. The van der Waals surface area contributed by atoms with Gasteiger partial charge in [-0.3, -0.25) is 4.79 Å². The van der Waals surface area contributed by atoms with Crippen LogP contribution in [0.1, 0.15) is 55.1 Å². The van der Waals surface area contributed by atoms with Gasteiger partial charge < -0.3 is 24.9 Å². The van der Waals surface area contributed by atoms with Crippen molar-refractivity contribution in [2.45, 2.75) is 50.5 Å². The van der Waals surface area contributed by atoms with E-state index in [1.807, 2.05) is 65.8 Å². The number of rotatable bonds is 10. The lowest BCUT2D eigenvalue weighted by atomic mass is 10.1. The first-order chi connectivity index (χ1) is 18.1. The third kappa shape index (κ3) is 7.32. The predicted octanol–water partition coefficient (Wildman–Crippen LogP) is 7.08. The zero-order valence-electron chi connectivity index (χ0n) is 21.7. The number of unbranched alkanes of at least 4 members (excludes halogenated alkanes) is 1. The van der Waals surface area contributed by atoms with Gasteiger partial charge in [0.05, 0.1) is 24.1 Å². The number of carbonyl (C=O) groups excluding carboxylic acids is 2. The second-order valence-electron chi connectivity index (χ2n) is 9.25. The Morgan fingerprint density at radius 3 is 2.41 bits per heavy atom. The lowest BCUT2D eigenvalue weighted by molar-refractivity contribution is 0.0725. The molecular weight excluding hydrogens is 484 g/mol. The van der Waals surface area contributed by atoms with Gasteiger partial charge in [0.2, 0.25) is 0 Å². The van der Waals surface area contributed by atoms with E-state index in [1.54, 1.807) is 18.0 Å². The zero-order valence-corrected chi connectivity index (χ0v) is 22.5. The number of furan rings is 1. The topological polar surface area (TPSA) is 77.8 Å². The summed E-state index contributed by atoms with van der Waals surface area (Å²) in [5.74, 6) is 0.855. The van der Waals surface area contributed by atoms with Crippen molar-refractivity contribution in [3.8, 4) is 0 Å². The highest BCUT2D eigenvalue weighted by Crippen LogP contribution is 2.29. The van der Waals surface area contributed by atoms with Gasteiger partial charge in [0.1, 0.15) is 5.76 Å². The van der Waals surface area contributed by atoms with E-state index in [0.29, 0.717) is 23.5 Å². The third-order valence-electron chi connectivity index (χ3n) is 6.53. The summed E-state index contributed by atoms with van der Waals surface area (Å²) in [6.45, 7) is 5.06. The zero-order chi connectivity index (χ0) is 26.0. The Morgan fingerprint density at radius 1 is 1.00 bits per heavy atom. The summed E-state index contributed by atoms with van der Waals surface area (Å²) < 4.78 is 5.63. The molecule has 0 bridgehead atoms. The number of benzene rings is 2. The number of piperidine rings is 1. The molecule has 0 unspecified atom stereocenters. The highest BCUT2D eigenvalue weighted by Gasteiger charge is 2.24. The van der Waals surface area contributed by atoms with Crippen LogP contribution in [0.3, 0.4) is 0 Å². The van der Waals surface area contributed by atoms with Crippen LogP contribution in [0.15, 0.2) is 70.2 Å². The summed E-state index contributed by atoms with van der Waals surface area (Å²) in [7, 11) is 0. The number of hydrogen-bond acceptors (Lipinski definition) is 5. The Morgan fingerprint density at radius 2 is 1.73 bits per heavy atom. The maximum absolute atomic E-state index is 13.7. The monoisotopic (exact) mass is 520 g/mol. The van der Waals surface area contributed by atoms with E-state index in [4.69, 9.17) is 4.42 Å². The van der Waals surface area contributed by atoms with Crippen molar-refractivity contribution in [2.75, 3.05) is 41.4 Å². The molecule has 3 amide bonds. The molecule has 7 nitrogen and oxygen atoms in total. The maximum Gasteiger partial charge on any atom is 0.323 e. The Kier molecular flexibility index (Phi) is 9.54. The molecule has 0 radical (unpaired) electrons. The van der Waals surface area contributed by atoms with Gasteiger partial charge in [-0.2, -0.15) is 0 Å². The summed E-state index contributed by atoms with van der Waals surface area (Å²) >= 11 is 1.65. The lowest BCUT2D eigenvalue weighted by Crippen LogP contribution is -2.37. The minimum Gasteiger partial charge on any atom is -0.467 e. The molecule has 0 atom stereocenters. The van der Waals surface area contributed by atoms with Crippen LogP contribution >= 0.6 is 11.8 Å². The van der Waals surface area contributed by atoms with E-state index >= 15 is 0 Å². The Hall–Kier alpha value is -3.39.